The van der Waals surface area contributed by atoms with E-state index in [1.54, 1.807) is 4.57 Å². The lowest BCUT2D eigenvalue weighted by molar-refractivity contribution is -0.122. The van der Waals surface area contributed by atoms with E-state index < -0.39 is 0 Å². The Labute approximate surface area is 158 Å². The van der Waals surface area contributed by atoms with Gasteiger partial charge in [0.15, 0.2) is 10.6 Å². The molecule has 0 aliphatic rings. The van der Waals surface area contributed by atoms with E-state index >= 15 is 0 Å². The molecule has 6 heteroatoms. The Balaban J connectivity index is 1.78. The first kappa shape index (κ1) is 18.1. The summed E-state index contributed by atoms with van der Waals surface area (Å²) in [6.07, 6.45) is 0. The fourth-order valence-corrected chi connectivity index (χ4v) is 3.17. The van der Waals surface area contributed by atoms with E-state index in [1.165, 1.54) is 5.56 Å². The van der Waals surface area contributed by atoms with Crippen molar-refractivity contribution in [3.63, 3.8) is 0 Å². The van der Waals surface area contributed by atoms with Gasteiger partial charge in [0.25, 0.3) is 0 Å². The number of aromatic nitrogens is 3. The number of rotatable bonds is 5. The molecule has 0 fully saturated rings. The number of carbonyl (C=O) groups is 1. The molecule has 0 saturated heterocycles. The second-order valence-corrected chi connectivity index (χ2v) is 6.84. The summed E-state index contributed by atoms with van der Waals surface area (Å²) in [7, 11) is 0. The van der Waals surface area contributed by atoms with Crippen LogP contribution in [0.1, 0.15) is 29.7 Å². The number of nitrogens with zero attached hydrogens (tertiary/aromatic N) is 2. The van der Waals surface area contributed by atoms with Crippen LogP contribution in [0, 0.1) is 18.6 Å². The van der Waals surface area contributed by atoms with Crippen LogP contribution >= 0.6 is 12.2 Å². The molecule has 0 bridgehead atoms. The van der Waals surface area contributed by atoms with E-state index in [-0.39, 0.29) is 18.5 Å². The van der Waals surface area contributed by atoms with Gasteiger partial charge in [0.05, 0.1) is 6.04 Å². The molecule has 5 nitrogen and oxygen atoms in total. The Morgan fingerprint density at radius 3 is 2.58 bits per heavy atom. The topological polar surface area (TPSA) is 62.7 Å². The molecule has 26 heavy (non-hydrogen) atoms. The van der Waals surface area contributed by atoms with Crippen molar-refractivity contribution in [1.29, 1.82) is 0 Å². The Kier molecular flexibility index (Phi) is 5.32. The molecular formula is C20H22N4OS. The van der Waals surface area contributed by atoms with Gasteiger partial charge in [-0.1, -0.05) is 54.1 Å². The third kappa shape index (κ3) is 3.91. The summed E-state index contributed by atoms with van der Waals surface area (Å²) in [6.45, 7) is 6.17. The summed E-state index contributed by atoms with van der Waals surface area (Å²) in [5, 5.41) is 10.1. The van der Waals surface area contributed by atoms with E-state index in [0.717, 1.165) is 16.7 Å². The second kappa shape index (κ2) is 7.66. The molecule has 1 heterocycles. The highest BCUT2D eigenvalue weighted by atomic mass is 32.1. The number of amides is 1. The number of nitrogens with one attached hydrogen (secondary N) is 2. The Morgan fingerprint density at radius 2 is 1.88 bits per heavy atom. The van der Waals surface area contributed by atoms with Crippen molar-refractivity contribution in [2.75, 3.05) is 0 Å². The molecule has 0 aliphatic heterocycles. The lowest BCUT2D eigenvalue weighted by Gasteiger charge is -2.17. The van der Waals surface area contributed by atoms with E-state index in [9.17, 15) is 4.79 Å². The van der Waals surface area contributed by atoms with E-state index in [1.807, 2.05) is 69.3 Å². The quantitative estimate of drug-likeness (QED) is 0.668. The SMILES string of the molecule is Cc1ccc(-c2n[nH]c(=S)n2CC(=O)N[C@@H](C)c2ccccc2C)cc1. The minimum absolute atomic E-state index is 0.0763. The summed E-state index contributed by atoms with van der Waals surface area (Å²) in [6, 6.07) is 15.9. The number of aromatic amines is 1. The average molecular weight is 366 g/mol. The lowest BCUT2D eigenvalue weighted by atomic mass is 10.0. The van der Waals surface area contributed by atoms with E-state index in [0.29, 0.717) is 10.6 Å². The number of H-pyrrole nitrogens is 1. The monoisotopic (exact) mass is 366 g/mol. The standard InChI is InChI=1S/C20H22N4OS/c1-13-8-10-16(11-9-13)19-22-23-20(26)24(19)12-18(25)21-15(3)17-7-5-4-6-14(17)2/h4-11,15H,12H2,1-3H3,(H,21,25)(H,23,26)/t15-/m0/s1. The molecule has 0 unspecified atom stereocenters. The third-order valence-corrected chi connectivity index (χ3v) is 4.71. The number of carbonyl (C=O) groups excluding carboxylic acids is 1. The molecule has 0 saturated carbocycles. The van der Waals surface area contributed by atoms with Crippen molar-refractivity contribution in [3.8, 4) is 11.4 Å². The molecule has 1 amide bonds. The molecule has 2 N–H and O–H groups in total. The highest BCUT2D eigenvalue weighted by Crippen LogP contribution is 2.19. The van der Waals surface area contributed by atoms with E-state index in [4.69, 9.17) is 12.2 Å². The minimum Gasteiger partial charge on any atom is -0.348 e. The molecule has 0 radical (unpaired) electrons. The van der Waals surface area contributed by atoms with Crippen LogP contribution in [-0.4, -0.2) is 20.7 Å². The second-order valence-electron chi connectivity index (χ2n) is 6.45. The van der Waals surface area contributed by atoms with Crippen molar-refractivity contribution >= 4 is 18.1 Å². The number of benzene rings is 2. The number of hydrogen-bond acceptors (Lipinski definition) is 3. The summed E-state index contributed by atoms with van der Waals surface area (Å²) in [4.78, 5) is 12.6. The van der Waals surface area contributed by atoms with Crippen LogP contribution in [0.15, 0.2) is 48.5 Å². The van der Waals surface area contributed by atoms with Crippen LogP contribution in [0.4, 0.5) is 0 Å². The summed E-state index contributed by atoms with van der Waals surface area (Å²) in [5.74, 6) is 0.556. The van der Waals surface area contributed by atoms with Crippen LogP contribution in [0.25, 0.3) is 11.4 Å². The molecule has 3 rings (SSSR count). The van der Waals surface area contributed by atoms with E-state index in [2.05, 4.69) is 15.5 Å². The van der Waals surface area contributed by atoms with Crippen LogP contribution in [-0.2, 0) is 11.3 Å². The van der Waals surface area contributed by atoms with Gasteiger partial charge in [-0.25, -0.2) is 0 Å². The molecule has 0 spiro atoms. The van der Waals surface area contributed by atoms with Gasteiger partial charge in [-0.3, -0.25) is 14.5 Å². The van der Waals surface area contributed by atoms with Gasteiger partial charge in [0.1, 0.15) is 6.54 Å². The van der Waals surface area contributed by atoms with Crippen LogP contribution < -0.4 is 5.32 Å². The maximum Gasteiger partial charge on any atom is 0.240 e. The Hall–Kier alpha value is -2.73. The van der Waals surface area contributed by atoms with Crippen molar-refractivity contribution in [2.45, 2.75) is 33.4 Å². The van der Waals surface area contributed by atoms with Gasteiger partial charge in [0, 0.05) is 5.56 Å². The first-order valence-electron chi connectivity index (χ1n) is 8.53. The third-order valence-electron chi connectivity index (χ3n) is 4.40. The van der Waals surface area contributed by atoms with Gasteiger partial charge in [-0.05, 0) is 44.1 Å². The summed E-state index contributed by atoms with van der Waals surface area (Å²) >= 11 is 5.31. The van der Waals surface area contributed by atoms with Gasteiger partial charge < -0.3 is 5.32 Å². The average Bonchev–Trinajstić information content (AvgIpc) is 2.96. The zero-order chi connectivity index (χ0) is 18.7. The fourth-order valence-electron chi connectivity index (χ4n) is 2.97. The molecule has 1 aromatic heterocycles. The van der Waals surface area contributed by atoms with Crippen molar-refractivity contribution in [1.82, 2.24) is 20.1 Å². The van der Waals surface area contributed by atoms with Crippen LogP contribution in [0.2, 0.25) is 0 Å². The zero-order valence-corrected chi connectivity index (χ0v) is 15.9. The van der Waals surface area contributed by atoms with Gasteiger partial charge in [-0.15, -0.1) is 0 Å². The van der Waals surface area contributed by atoms with Gasteiger partial charge >= 0.3 is 0 Å². The largest absolute Gasteiger partial charge is 0.348 e. The maximum atomic E-state index is 12.6. The highest BCUT2D eigenvalue weighted by Gasteiger charge is 2.15. The Bertz CT molecular complexity index is 972. The number of aryl methyl sites for hydroxylation is 2. The molecular weight excluding hydrogens is 344 g/mol. The highest BCUT2D eigenvalue weighted by molar-refractivity contribution is 7.71. The summed E-state index contributed by atoms with van der Waals surface area (Å²) in [5.41, 5.74) is 4.35. The van der Waals surface area contributed by atoms with Gasteiger partial charge in [0.2, 0.25) is 5.91 Å². The first-order chi connectivity index (χ1) is 12.5. The first-order valence-corrected chi connectivity index (χ1v) is 8.93. The van der Waals surface area contributed by atoms with Crippen LogP contribution in [0.5, 0.6) is 0 Å². The molecule has 1 atom stereocenters. The molecule has 134 valence electrons. The van der Waals surface area contributed by atoms with Crippen molar-refractivity contribution < 1.29 is 4.79 Å². The zero-order valence-electron chi connectivity index (χ0n) is 15.1. The fraction of sp³-hybridized carbons (Fsp3) is 0.250. The molecule has 3 aromatic rings. The van der Waals surface area contributed by atoms with Crippen molar-refractivity contribution in [2.24, 2.45) is 0 Å². The number of hydrogen-bond donors (Lipinski definition) is 2. The lowest BCUT2D eigenvalue weighted by Crippen LogP contribution is -2.30. The maximum absolute atomic E-state index is 12.6. The van der Waals surface area contributed by atoms with Crippen molar-refractivity contribution in [3.05, 3.63) is 70.0 Å². The molecule has 0 aliphatic carbocycles. The normalized spacial score (nSPS) is 12.0. The predicted molar refractivity (Wildman–Crippen MR) is 105 cm³/mol. The van der Waals surface area contributed by atoms with Crippen LogP contribution in [0.3, 0.4) is 0 Å². The summed E-state index contributed by atoms with van der Waals surface area (Å²) < 4.78 is 2.15. The Morgan fingerprint density at radius 1 is 1.19 bits per heavy atom. The smallest absolute Gasteiger partial charge is 0.240 e. The molecule has 2 aromatic carbocycles. The minimum atomic E-state index is -0.105. The predicted octanol–water partition coefficient (Wildman–Crippen LogP) is 4.10. The van der Waals surface area contributed by atoms with Gasteiger partial charge in [-0.2, -0.15) is 5.10 Å².